The van der Waals surface area contributed by atoms with E-state index in [9.17, 15) is 4.79 Å². The number of carbonyl (C=O) groups excluding carboxylic acids is 1. The van der Waals surface area contributed by atoms with E-state index in [1.165, 1.54) is 6.08 Å². The van der Waals surface area contributed by atoms with Gasteiger partial charge < -0.3 is 18.6 Å². The molecule has 5 heteroatoms. The topological polar surface area (TPSA) is 57.9 Å². The van der Waals surface area contributed by atoms with Crippen molar-refractivity contribution in [2.24, 2.45) is 0 Å². The summed E-state index contributed by atoms with van der Waals surface area (Å²) < 4.78 is 21.7. The standard InChI is InChI=1S/C21H20O5/c1-4-25-20-12-14(9-11-17(20)23-2)8-10-16(22)19-13-15-6-5-7-18(24-3)21(15)26-19/h5-13H,4H2,1-3H3. The van der Waals surface area contributed by atoms with E-state index in [-0.39, 0.29) is 11.5 Å². The summed E-state index contributed by atoms with van der Waals surface area (Å²) in [7, 11) is 3.16. The Kier molecular flexibility index (Phi) is 5.27. The first kappa shape index (κ1) is 17.6. The van der Waals surface area contributed by atoms with Crippen molar-refractivity contribution in [2.45, 2.75) is 6.92 Å². The van der Waals surface area contributed by atoms with Crippen LogP contribution in [0.1, 0.15) is 23.0 Å². The second-order valence-corrected chi connectivity index (χ2v) is 5.53. The Labute approximate surface area is 151 Å². The van der Waals surface area contributed by atoms with Gasteiger partial charge in [0.2, 0.25) is 5.78 Å². The third-order valence-electron chi connectivity index (χ3n) is 3.89. The highest BCUT2D eigenvalue weighted by Gasteiger charge is 2.13. The van der Waals surface area contributed by atoms with Crippen LogP contribution in [0.15, 0.2) is 53.0 Å². The lowest BCUT2D eigenvalue weighted by atomic mass is 10.1. The lowest BCUT2D eigenvalue weighted by Gasteiger charge is -2.09. The summed E-state index contributed by atoms with van der Waals surface area (Å²) in [4.78, 5) is 12.4. The maximum atomic E-state index is 12.4. The fourth-order valence-electron chi connectivity index (χ4n) is 2.64. The van der Waals surface area contributed by atoms with Crippen molar-refractivity contribution in [3.05, 3.63) is 59.9 Å². The molecular weight excluding hydrogens is 332 g/mol. The van der Waals surface area contributed by atoms with Crippen LogP contribution < -0.4 is 14.2 Å². The quantitative estimate of drug-likeness (QED) is 0.454. The van der Waals surface area contributed by atoms with Crippen LogP contribution >= 0.6 is 0 Å². The molecule has 0 atom stereocenters. The molecule has 26 heavy (non-hydrogen) atoms. The van der Waals surface area contributed by atoms with E-state index < -0.39 is 0 Å². The Morgan fingerprint density at radius 1 is 1.04 bits per heavy atom. The first-order valence-corrected chi connectivity index (χ1v) is 8.26. The highest BCUT2D eigenvalue weighted by molar-refractivity contribution is 6.07. The van der Waals surface area contributed by atoms with Crippen molar-refractivity contribution in [3.63, 3.8) is 0 Å². The molecule has 1 aromatic heterocycles. The summed E-state index contributed by atoms with van der Waals surface area (Å²) in [6, 6.07) is 12.7. The van der Waals surface area contributed by atoms with Gasteiger partial charge in [-0.2, -0.15) is 0 Å². The van der Waals surface area contributed by atoms with Crippen LogP contribution in [-0.4, -0.2) is 26.6 Å². The van der Waals surface area contributed by atoms with Gasteiger partial charge in [0.25, 0.3) is 0 Å². The number of allylic oxidation sites excluding steroid dienone is 1. The lowest BCUT2D eigenvalue weighted by Crippen LogP contribution is -1.95. The number of furan rings is 1. The minimum atomic E-state index is -0.225. The zero-order valence-electron chi connectivity index (χ0n) is 14.9. The molecule has 2 aromatic carbocycles. The molecule has 0 N–H and O–H groups in total. The summed E-state index contributed by atoms with van der Waals surface area (Å²) >= 11 is 0. The third kappa shape index (κ3) is 3.57. The number of benzene rings is 2. The van der Waals surface area contributed by atoms with Gasteiger partial charge in [-0.15, -0.1) is 0 Å². The summed E-state index contributed by atoms with van der Waals surface area (Å²) in [5, 5.41) is 0.823. The molecule has 3 rings (SSSR count). The molecule has 0 fully saturated rings. The molecule has 0 aliphatic heterocycles. The van der Waals surface area contributed by atoms with Gasteiger partial charge in [-0.05, 0) is 42.8 Å². The molecule has 5 nitrogen and oxygen atoms in total. The van der Waals surface area contributed by atoms with E-state index in [1.807, 2.05) is 31.2 Å². The Hall–Kier alpha value is -3.21. The SMILES string of the molecule is CCOc1cc(C=CC(=O)c2cc3cccc(OC)c3o2)ccc1OC. The maximum Gasteiger partial charge on any atom is 0.221 e. The number of para-hydroxylation sites is 1. The van der Waals surface area contributed by atoms with E-state index in [1.54, 1.807) is 38.5 Å². The normalized spacial score (nSPS) is 11.0. The van der Waals surface area contributed by atoms with Crippen LogP contribution in [0.25, 0.3) is 17.0 Å². The van der Waals surface area contributed by atoms with Crippen LogP contribution in [0, 0.1) is 0 Å². The first-order valence-electron chi connectivity index (χ1n) is 8.26. The fourth-order valence-corrected chi connectivity index (χ4v) is 2.64. The number of ether oxygens (including phenoxy) is 3. The van der Waals surface area contributed by atoms with Crippen LogP contribution in [0.4, 0.5) is 0 Å². The van der Waals surface area contributed by atoms with Crippen molar-refractivity contribution in [1.29, 1.82) is 0 Å². The van der Waals surface area contributed by atoms with Gasteiger partial charge in [0, 0.05) is 5.39 Å². The molecule has 3 aromatic rings. The minimum absolute atomic E-state index is 0.225. The molecule has 0 saturated carbocycles. The van der Waals surface area contributed by atoms with Crippen LogP contribution in [0.3, 0.4) is 0 Å². The summed E-state index contributed by atoms with van der Waals surface area (Å²) in [6.07, 6.45) is 3.19. The van der Waals surface area contributed by atoms with Gasteiger partial charge in [0.15, 0.2) is 28.6 Å². The number of fused-ring (bicyclic) bond motifs is 1. The predicted molar refractivity (Wildman–Crippen MR) is 100 cm³/mol. The molecule has 0 aliphatic carbocycles. The number of ketones is 1. The molecule has 0 spiro atoms. The Morgan fingerprint density at radius 3 is 2.58 bits per heavy atom. The average molecular weight is 352 g/mol. The van der Waals surface area contributed by atoms with Crippen molar-refractivity contribution in [3.8, 4) is 17.2 Å². The second-order valence-electron chi connectivity index (χ2n) is 5.53. The van der Waals surface area contributed by atoms with E-state index in [4.69, 9.17) is 18.6 Å². The van der Waals surface area contributed by atoms with Gasteiger partial charge in [-0.25, -0.2) is 0 Å². The Bertz CT molecular complexity index is 952. The predicted octanol–water partition coefficient (Wildman–Crippen LogP) is 4.74. The van der Waals surface area contributed by atoms with Gasteiger partial charge >= 0.3 is 0 Å². The smallest absolute Gasteiger partial charge is 0.221 e. The molecule has 0 amide bonds. The van der Waals surface area contributed by atoms with Crippen LogP contribution in [0.2, 0.25) is 0 Å². The maximum absolute atomic E-state index is 12.4. The summed E-state index contributed by atoms with van der Waals surface area (Å²) in [5.74, 6) is 1.93. The Balaban J connectivity index is 1.84. The van der Waals surface area contributed by atoms with Crippen LogP contribution in [-0.2, 0) is 0 Å². The van der Waals surface area contributed by atoms with E-state index in [0.29, 0.717) is 29.4 Å². The number of methoxy groups -OCH3 is 2. The van der Waals surface area contributed by atoms with Crippen molar-refractivity contribution < 1.29 is 23.4 Å². The van der Waals surface area contributed by atoms with Gasteiger partial charge in [0.05, 0.1) is 20.8 Å². The number of hydrogen-bond donors (Lipinski definition) is 0. The highest BCUT2D eigenvalue weighted by Crippen LogP contribution is 2.30. The number of carbonyl (C=O) groups is 1. The molecule has 134 valence electrons. The minimum Gasteiger partial charge on any atom is -0.493 e. The summed E-state index contributed by atoms with van der Waals surface area (Å²) in [6.45, 7) is 2.44. The van der Waals surface area contributed by atoms with Crippen molar-refractivity contribution in [2.75, 3.05) is 20.8 Å². The van der Waals surface area contributed by atoms with Crippen LogP contribution in [0.5, 0.6) is 17.2 Å². The highest BCUT2D eigenvalue weighted by atomic mass is 16.5. The van der Waals surface area contributed by atoms with Gasteiger partial charge in [-0.3, -0.25) is 4.79 Å². The largest absolute Gasteiger partial charge is 0.493 e. The Morgan fingerprint density at radius 2 is 1.85 bits per heavy atom. The third-order valence-corrected chi connectivity index (χ3v) is 3.89. The number of rotatable bonds is 7. The lowest BCUT2D eigenvalue weighted by molar-refractivity contribution is 0.102. The van der Waals surface area contributed by atoms with Gasteiger partial charge in [0.1, 0.15) is 0 Å². The number of hydrogen-bond acceptors (Lipinski definition) is 5. The zero-order chi connectivity index (χ0) is 18.5. The monoisotopic (exact) mass is 352 g/mol. The molecule has 0 aliphatic rings. The zero-order valence-corrected chi connectivity index (χ0v) is 14.9. The molecule has 0 bridgehead atoms. The average Bonchev–Trinajstić information content (AvgIpc) is 3.11. The van der Waals surface area contributed by atoms with E-state index in [2.05, 4.69) is 0 Å². The molecular formula is C21H20O5. The van der Waals surface area contributed by atoms with Crippen molar-refractivity contribution in [1.82, 2.24) is 0 Å². The molecule has 0 saturated heterocycles. The first-order chi connectivity index (χ1) is 12.7. The fraction of sp³-hybridized carbons (Fsp3) is 0.190. The summed E-state index contributed by atoms with van der Waals surface area (Å²) in [5.41, 5.74) is 1.39. The van der Waals surface area contributed by atoms with E-state index >= 15 is 0 Å². The molecule has 0 unspecified atom stereocenters. The van der Waals surface area contributed by atoms with Crippen molar-refractivity contribution >= 4 is 22.8 Å². The molecule has 0 radical (unpaired) electrons. The molecule has 1 heterocycles. The second kappa shape index (κ2) is 7.78. The van der Waals surface area contributed by atoms with Gasteiger partial charge in [-0.1, -0.05) is 24.3 Å². The van der Waals surface area contributed by atoms with E-state index in [0.717, 1.165) is 10.9 Å².